The predicted molar refractivity (Wildman–Crippen MR) is 111 cm³/mol. The van der Waals surface area contributed by atoms with Crippen LogP contribution in [0.25, 0.3) is 0 Å². The van der Waals surface area contributed by atoms with Gasteiger partial charge >= 0.3 is 0 Å². The molecular weight excluding hydrogens is 338 g/mol. The van der Waals surface area contributed by atoms with Gasteiger partial charge in [-0.05, 0) is 68.9 Å². The summed E-state index contributed by atoms with van der Waals surface area (Å²) in [7, 11) is 0. The summed E-state index contributed by atoms with van der Waals surface area (Å²) < 4.78 is 0. The Morgan fingerprint density at radius 2 is 1.73 bits per heavy atom. The van der Waals surface area contributed by atoms with E-state index < -0.39 is 0 Å². The topological polar surface area (TPSA) is 18.5 Å². The van der Waals surface area contributed by atoms with Crippen molar-refractivity contribution in [2.75, 3.05) is 32.7 Å². The molecule has 2 aliphatic rings. The van der Waals surface area contributed by atoms with Gasteiger partial charge in [0.15, 0.2) is 0 Å². The molecule has 0 amide bonds. The van der Waals surface area contributed by atoms with Crippen molar-refractivity contribution in [1.82, 2.24) is 15.1 Å². The van der Waals surface area contributed by atoms with Gasteiger partial charge in [-0.1, -0.05) is 36.4 Å². The maximum absolute atomic E-state index is 3.91. The van der Waals surface area contributed by atoms with Gasteiger partial charge in [0.25, 0.3) is 0 Å². The Balaban J connectivity index is 1.25. The van der Waals surface area contributed by atoms with Gasteiger partial charge in [-0.25, -0.2) is 0 Å². The lowest BCUT2D eigenvalue weighted by Crippen LogP contribution is -2.45. The van der Waals surface area contributed by atoms with Crippen LogP contribution in [0.2, 0.25) is 0 Å². The molecule has 0 radical (unpaired) electrons. The molecule has 2 aliphatic heterocycles. The van der Waals surface area contributed by atoms with Crippen LogP contribution in [0, 0.1) is 0 Å². The summed E-state index contributed by atoms with van der Waals surface area (Å²) in [6, 6.07) is 16.6. The Labute approximate surface area is 162 Å². The van der Waals surface area contributed by atoms with E-state index in [2.05, 4.69) is 63.0 Å². The quantitative estimate of drug-likeness (QED) is 0.791. The Kier molecular flexibility index (Phi) is 6.39. The molecule has 1 N–H and O–H groups in total. The zero-order valence-electron chi connectivity index (χ0n) is 15.6. The third kappa shape index (κ3) is 4.74. The van der Waals surface area contributed by atoms with Crippen molar-refractivity contribution in [3.05, 3.63) is 58.3 Å². The van der Waals surface area contributed by atoms with Crippen molar-refractivity contribution in [2.24, 2.45) is 0 Å². The van der Waals surface area contributed by atoms with Gasteiger partial charge in [0.1, 0.15) is 0 Å². The highest BCUT2D eigenvalue weighted by molar-refractivity contribution is 7.10. The lowest BCUT2D eigenvalue weighted by molar-refractivity contribution is 0.177. The minimum absolute atomic E-state index is 0.569. The monoisotopic (exact) mass is 369 g/mol. The van der Waals surface area contributed by atoms with Crippen molar-refractivity contribution < 1.29 is 0 Å². The molecule has 1 aromatic carbocycles. The van der Waals surface area contributed by atoms with Crippen LogP contribution in [0.15, 0.2) is 47.8 Å². The van der Waals surface area contributed by atoms with Gasteiger partial charge in [-0.2, -0.15) is 0 Å². The fraction of sp³-hybridized carbons (Fsp3) is 0.545. The summed E-state index contributed by atoms with van der Waals surface area (Å²) in [5.41, 5.74) is 1.44. The summed E-state index contributed by atoms with van der Waals surface area (Å²) in [6.45, 7) is 7.14. The number of rotatable bonds is 7. The Bertz CT molecular complexity index is 629. The third-order valence-corrected chi connectivity index (χ3v) is 6.86. The molecule has 2 fully saturated rings. The second kappa shape index (κ2) is 9.14. The predicted octanol–water partition coefficient (Wildman–Crippen LogP) is 4.14. The van der Waals surface area contributed by atoms with Gasteiger partial charge in [0.05, 0.1) is 6.04 Å². The lowest BCUT2D eigenvalue weighted by atomic mass is 10.0. The van der Waals surface area contributed by atoms with Crippen LogP contribution in [-0.4, -0.2) is 48.6 Å². The largest absolute Gasteiger partial charge is 0.312 e. The van der Waals surface area contributed by atoms with E-state index in [1.165, 1.54) is 62.3 Å². The van der Waals surface area contributed by atoms with E-state index in [4.69, 9.17) is 0 Å². The van der Waals surface area contributed by atoms with Crippen LogP contribution in [0.3, 0.4) is 0 Å². The molecule has 1 atom stereocenters. The molecule has 0 unspecified atom stereocenters. The molecule has 1 aromatic heterocycles. The summed E-state index contributed by atoms with van der Waals surface area (Å²) in [4.78, 5) is 6.81. The van der Waals surface area contributed by atoms with Crippen LogP contribution < -0.4 is 5.32 Å². The molecule has 0 saturated carbocycles. The van der Waals surface area contributed by atoms with Crippen molar-refractivity contribution in [3.8, 4) is 0 Å². The number of hydrogen-bond donors (Lipinski definition) is 1. The second-order valence-electron chi connectivity index (χ2n) is 7.72. The van der Waals surface area contributed by atoms with Crippen LogP contribution in [0.1, 0.15) is 42.2 Å². The average Bonchev–Trinajstić information content (AvgIpc) is 3.39. The summed E-state index contributed by atoms with van der Waals surface area (Å²) >= 11 is 1.92. The number of likely N-dealkylation sites (tertiary alicyclic amines) is 2. The Hall–Kier alpha value is -1.20. The van der Waals surface area contributed by atoms with Crippen LogP contribution in [0.4, 0.5) is 0 Å². The number of piperidine rings is 1. The normalized spacial score (nSPS) is 21.2. The molecule has 2 aromatic rings. The number of hydrogen-bond acceptors (Lipinski definition) is 4. The maximum atomic E-state index is 3.91. The number of benzene rings is 1. The zero-order chi connectivity index (χ0) is 17.6. The summed E-state index contributed by atoms with van der Waals surface area (Å²) in [5.74, 6) is 0. The standard InChI is InChI=1S/C22H31N3S/c1-2-7-19(8-3-1)18-24-14-10-20(11-15-24)23-17-21(22-9-6-16-26-22)25-12-4-5-13-25/h1-3,6-9,16,20-21,23H,4-5,10-15,17-18H2/t21-/m1/s1. The molecule has 3 nitrogen and oxygen atoms in total. The first kappa shape index (κ1) is 18.2. The number of nitrogens with zero attached hydrogens (tertiary/aromatic N) is 2. The molecule has 2 saturated heterocycles. The van der Waals surface area contributed by atoms with E-state index in [-0.39, 0.29) is 0 Å². The van der Waals surface area contributed by atoms with Crippen LogP contribution in [0.5, 0.6) is 0 Å². The minimum Gasteiger partial charge on any atom is -0.312 e. The van der Waals surface area contributed by atoms with Crippen LogP contribution in [-0.2, 0) is 6.54 Å². The minimum atomic E-state index is 0.569. The fourth-order valence-electron chi connectivity index (χ4n) is 4.36. The van der Waals surface area contributed by atoms with E-state index in [1.807, 2.05) is 11.3 Å². The molecule has 140 valence electrons. The highest BCUT2D eigenvalue weighted by atomic mass is 32.1. The fourth-order valence-corrected chi connectivity index (χ4v) is 5.22. The highest BCUT2D eigenvalue weighted by Crippen LogP contribution is 2.28. The molecular formula is C22H31N3S. The Morgan fingerprint density at radius 1 is 0.962 bits per heavy atom. The van der Waals surface area contributed by atoms with Gasteiger partial charge in [0, 0.05) is 24.0 Å². The van der Waals surface area contributed by atoms with Crippen molar-refractivity contribution >= 4 is 11.3 Å². The second-order valence-corrected chi connectivity index (χ2v) is 8.70. The molecule has 3 heterocycles. The summed E-state index contributed by atoms with van der Waals surface area (Å²) in [6.07, 6.45) is 5.26. The maximum Gasteiger partial charge on any atom is 0.0566 e. The van der Waals surface area contributed by atoms with Crippen molar-refractivity contribution in [1.29, 1.82) is 0 Å². The zero-order valence-corrected chi connectivity index (χ0v) is 16.5. The molecule has 0 spiro atoms. The first-order valence-corrected chi connectivity index (χ1v) is 11.0. The van der Waals surface area contributed by atoms with E-state index in [0.717, 1.165) is 13.1 Å². The summed E-state index contributed by atoms with van der Waals surface area (Å²) in [5, 5.41) is 6.13. The van der Waals surface area contributed by atoms with E-state index >= 15 is 0 Å². The molecule has 0 bridgehead atoms. The molecule has 4 heteroatoms. The SMILES string of the molecule is c1ccc(CN2CCC(NC[C@H](c3cccs3)N3CCCC3)CC2)cc1. The first-order valence-electron chi connectivity index (χ1n) is 10.2. The van der Waals surface area contributed by atoms with Gasteiger partial charge in [-0.15, -0.1) is 11.3 Å². The van der Waals surface area contributed by atoms with Gasteiger partial charge in [-0.3, -0.25) is 9.80 Å². The van der Waals surface area contributed by atoms with Crippen LogP contribution >= 0.6 is 11.3 Å². The molecule has 4 rings (SSSR count). The number of nitrogens with one attached hydrogen (secondary N) is 1. The lowest BCUT2D eigenvalue weighted by Gasteiger charge is -2.34. The average molecular weight is 370 g/mol. The van der Waals surface area contributed by atoms with E-state index in [9.17, 15) is 0 Å². The Morgan fingerprint density at radius 3 is 2.42 bits per heavy atom. The number of thiophene rings is 1. The molecule has 26 heavy (non-hydrogen) atoms. The van der Waals surface area contributed by atoms with E-state index in [0.29, 0.717) is 12.1 Å². The third-order valence-electron chi connectivity index (χ3n) is 5.89. The van der Waals surface area contributed by atoms with Gasteiger partial charge < -0.3 is 5.32 Å². The first-order chi connectivity index (χ1) is 12.9. The smallest absolute Gasteiger partial charge is 0.0566 e. The molecule has 0 aliphatic carbocycles. The van der Waals surface area contributed by atoms with Crippen molar-refractivity contribution in [2.45, 2.75) is 44.3 Å². The van der Waals surface area contributed by atoms with Gasteiger partial charge in [0.2, 0.25) is 0 Å². The van der Waals surface area contributed by atoms with Crippen molar-refractivity contribution in [3.63, 3.8) is 0 Å². The highest BCUT2D eigenvalue weighted by Gasteiger charge is 2.26. The van der Waals surface area contributed by atoms with E-state index in [1.54, 1.807) is 0 Å².